The van der Waals surface area contributed by atoms with Gasteiger partial charge in [-0.05, 0) is 30.7 Å². The fourth-order valence-electron chi connectivity index (χ4n) is 2.75. The Kier molecular flexibility index (Phi) is 2.36. The number of hydrogen-bond donors (Lipinski definition) is 0. The molecular formula is C14H14N2O. The molecule has 0 amide bonds. The summed E-state index contributed by atoms with van der Waals surface area (Å²) >= 11 is 0. The largest absolute Gasteiger partial charge is 0.390 e. The molecule has 0 aliphatic heterocycles. The average molecular weight is 226 g/mol. The summed E-state index contributed by atoms with van der Waals surface area (Å²) in [5.41, 5.74) is 1.76. The predicted octanol–water partition coefficient (Wildman–Crippen LogP) is 2.88. The van der Waals surface area contributed by atoms with Crippen LogP contribution in [0.5, 0.6) is 0 Å². The summed E-state index contributed by atoms with van der Waals surface area (Å²) in [5.74, 6) is 0.850. The van der Waals surface area contributed by atoms with Gasteiger partial charge in [-0.3, -0.25) is 0 Å². The topological polar surface area (TPSA) is 45.4 Å². The Labute approximate surface area is 101 Å². The molecule has 0 aromatic heterocycles. The van der Waals surface area contributed by atoms with Crippen molar-refractivity contribution in [3.63, 3.8) is 0 Å². The maximum absolute atomic E-state index is 9.09. The molecule has 2 bridgehead atoms. The molecule has 3 heteroatoms. The van der Waals surface area contributed by atoms with E-state index in [1.165, 1.54) is 0 Å². The van der Waals surface area contributed by atoms with Gasteiger partial charge in [0.15, 0.2) is 5.71 Å². The summed E-state index contributed by atoms with van der Waals surface area (Å²) in [7, 11) is 0. The zero-order valence-corrected chi connectivity index (χ0v) is 9.60. The van der Waals surface area contributed by atoms with Crippen molar-refractivity contribution in [2.24, 2.45) is 16.5 Å². The standard InChI is InChI=1S/C14H14N2O/c15-9-13(14-6-12(7-14)8-14)16-17-10-11-4-2-1-3-5-11/h1-5,12H,6-8,10H2/b16-13+. The Morgan fingerprint density at radius 2 is 2.06 bits per heavy atom. The smallest absolute Gasteiger partial charge is 0.163 e. The van der Waals surface area contributed by atoms with E-state index in [2.05, 4.69) is 11.2 Å². The van der Waals surface area contributed by atoms with Gasteiger partial charge in [0.05, 0.1) is 0 Å². The molecule has 0 spiro atoms. The van der Waals surface area contributed by atoms with Crippen molar-refractivity contribution in [3.8, 4) is 6.07 Å². The highest BCUT2D eigenvalue weighted by atomic mass is 16.6. The van der Waals surface area contributed by atoms with E-state index in [9.17, 15) is 0 Å². The van der Waals surface area contributed by atoms with Crippen molar-refractivity contribution >= 4 is 5.71 Å². The van der Waals surface area contributed by atoms with E-state index in [0.29, 0.717) is 12.3 Å². The molecule has 3 nitrogen and oxygen atoms in total. The van der Waals surface area contributed by atoms with Crippen LogP contribution in [0, 0.1) is 22.7 Å². The quantitative estimate of drug-likeness (QED) is 0.585. The van der Waals surface area contributed by atoms with Gasteiger partial charge >= 0.3 is 0 Å². The fourth-order valence-corrected chi connectivity index (χ4v) is 2.75. The number of hydrogen-bond acceptors (Lipinski definition) is 3. The summed E-state index contributed by atoms with van der Waals surface area (Å²) in [5, 5.41) is 13.1. The zero-order valence-electron chi connectivity index (χ0n) is 9.60. The highest BCUT2D eigenvalue weighted by molar-refractivity contribution is 6.04. The summed E-state index contributed by atoms with van der Waals surface area (Å²) in [6, 6.07) is 12.1. The SMILES string of the molecule is N#C/C(=N\OCc1ccccc1)C12CC(C1)C2. The molecule has 0 heterocycles. The second-order valence-corrected chi connectivity index (χ2v) is 5.07. The summed E-state index contributed by atoms with van der Waals surface area (Å²) in [6.07, 6.45) is 3.40. The van der Waals surface area contributed by atoms with E-state index in [0.717, 1.165) is 30.7 Å². The first-order valence-corrected chi connectivity index (χ1v) is 5.97. The molecule has 1 aromatic carbocycles. The molecular weight excluding hydrogens is 212 g/mol. The van der Waals surface area contributed by atoms with Crippen molar-refractivity contribution in [1.82, 2.24) is 0 Å². The highest BCUT2D eigenvalue weighted by Crippen LogP contribution is 2.65. The van der Waals surface area contributed by atoms with Crippen molar-refractivity contribution in [2.75, 3.05) is 0 Å². The Morgan fingerprint density at radius 1 is 1.35 bits per heavy atom. The summed E-state index contributed by atoms with van der Waals surface area (Å²) < 4.78 is 0. The van der Waals surface area contributed by atoms with Gasteiger partial charge in [-0.1, -0.05) is 35.5 Å². The third-order valence-corrected chi connectivity index (χ3v) is 3.88. The Balaban J connectivity index is 1.60. The van der Waals surface area contributed by atoms with Crippen LogP contribution in [0.3, 0.4) is 0 Å². The number of oxime groups is 1. The van der Waals surface area contributed by atoms with E-state index in [4.69, 9.17) is 10.1 Å². The fraction of sp³-hybridized carbons (Fsp3) is 0.429. The molecule has 4 rings (SSSR count). The van der Waals surface area contributed by atoms with Gasteiger partial charge in [0.25, 0.3) is 0 Å². The van der Waals surface area contributed by atoms with Crippen molar-refractivity contribution in [3.05, 3.63) is 35.9 Å². The Morgan fingerprint density at radius 3 is 2.59 bits per heavy atom. The maximum Gasteiger partial charge on any atom is 0.163 e. The zero-order chi connectivity index (χ0) is 11.7. The number of rotatable bonds is 4. The van der Waals surface area contributed by atoms with E-state index in [1.54, 1.807) is 0 Å². The van der Waals surface area contributed by atoms with Crippen LogP contribution in [0.15, 0.2) is 35.5 Å². The van der Waals surface area contributed by atoms with Gasteiger partial charge in [0.1, 0.15) is 12.7 Å². The number of nitriles is 1. The Hall–Kier alpha value is -1.82. The van der Waals surface area contributed by atoms with Crippen LogP contribution in [-0.2, 0) is 11.4 Å². The van der Waals surface area contributed by atoms with E-state index in [-0.39, 0.29) is 5.41 Å². The van der Waals surface area contributed by atoms with E-state index >= 15 is 0 Å². The molecule has 0 unspecified atom stereocenters. The number of nitrogens with zero attached hydrogens (tertiary/aromatic N) is 2. The monoisotopic (exact) mass is 226 g/mol. The van der Waals surface area contributed by atoms with Crippen LogP contribution in [-0.4, -0.2) is 5.71 Å². The van der Waals surface area contributed by atoms with Crippen LogP contribution < -0.4 is 0 Å². The molecule has 3 fully saturated rings. The Bertz CT molecular complexity index is 470. The van der Waals surface area contributed by atoms with Gasteiger partial charge < -0.3 is 4.84 Å². The molecule has 3 aliphatic carbocycles. The molecule has 0 saturated heterocycles. The maximum atomic E-state index is 9.09. The number of benzene rings is 1. The predicted molar refractivity (Wildman–Crippen MR) is 64.1 cm³/mol. The molecule has 1 aromatic rings. The van der Waals surface area contributed by atoms with Gasteiger partial charge in [-0.25, -0.2) is 0 Å². The average Bonchev–Trinajstić information content (AvgIpc) is 2.25. The van der Waals surface area contributed by atoms with Gasteiger partial charge in [0.2, 0.25) is 0 Å². The van der Waals surface area contributed by atoms with Gasteiger partial charge in [0, 0.05) is 5.41 Å². The summed E-state index contributed by atoms with van der Waals surface area (Å²) in [4.78, 5) is 5.28. The van der Waals surface area contributed by atoms with E-state index < -0.39 is 0 Å². The molecule has 86 valence electrons. The molecule has 3 saturated carbocycles. The van der Waals surface area contributed by atoms with Crippen LogP contribution >= 0.6 is 0 Å². The van der Waals surface area contributed by atoms with Crippen molar-refractivity contribution < 1.29 is 4.84 Å². The van der Waals surface area contributed by atoms with Crippen LogP contribution in [0.2, 0.25) is 0 Å². The minimum Gasteiger partial charge on any atom is -0.390 e. The lowest BCUT2D eigenvalue weighted by molar-refractivity contribution is -0.0430. The lowest BCUT2D eigenvalue weighted by atomic mass is 9.43. The van der Waals surface area contributed by atoms with Crippen LogP contribution in [0.25, 0.3) is 0 Å². The third kappa shape index (κ3) is 1.70. The molecule has 3 aliphatic rings. The minimum atomic E-state index is 0.0934. The van der Waals surface area contributed by atoms with Gasteiger partial charge in [-0.2, -0.15) is 5.26 Å². The van der Waals surface area contributed by atoms with E-state index in [1.807, 2.05) is 30.3 Å². The lowest BCUT2D eigenvalue weighted by Crippen LogP contribution is -2.56. The molecule has 0 radical (unpaired) electrons. The highest BCUT2D eigenvalue weighted by Gasteiger charge is 2.60. The van der Waals surface area contributed by atoms with Gasteiger partial charge in [-0.15, -0.1) is 0 Å². The molecule has 0 atom stereocenters. The third-order valence-electron chi connectivity index (χ3n) is 3.88. The second kappa shape index (κ2) is 3.89. The first kappa shape index (κ1) is 10.3. The summed E-state index contributed by atoms with van der Waals surface area (Å²) in [6.45, 7) is 0.436. The normalized spacial score (nSPS) is 29.8. The molecule has 17 heavy (non-hydrogen) atoms. The first-order valence-electron chi connectivity index (χ1n) is 5.97. The minimum absolute atomic E-state index is 0.0934. The first-order chi connectivity index (χ1) is 8.32. The van der Waals surface area contributed by atoms with Crippen LogP contribution in [0.1, 0.15) is 24.8 Å². The second-order valence-electron chi connectivity index (χ2n) is 5.07. The van der Waals surface area contributed by atoms with Crippen molar-refractivity contribution in [2.45, 2.75) is 25.9 Å². The molecule has 0 N–H and O–H groups in total. The van der Waals surface area contributed by atoms with Crippen molar-refractivity contribution in [1.29, 1.82) is 5.26 Å². The lowest BCUT2D eigenvalue weighted by Gasteiger charge is -2.60. The van der Waals surface area contributed by atoms with Crippen LogP contribution in [0.4, 0.5) is 0 Å².